The van der Waals surface area contributed by atoms with E-state index in [2.05, 4.69) is 24.6 Å². The summed E-state index contributed by atoms with van der Waals surface area (Å²) >= 11 is 13.2. The fourth-order valence-electron chi connectivity index (χ4n) is 6.69. The molecule has 0 aliphatic carbocycles. The quantitative estimate of drug-likeness (QED) is 0.137. The zero-order chi connectivity index (χ0) is 37.8. The molecule has 0 fully saturated rings. The van der Waals surface area contributed by atoms with E-state index >= 15 is 0 Å². The number of carbonyl (C=O) groups excluding carboxylic acids is 3. The Kier molecular flexibility index (Phi) is 12.0. The van der Waals surface area contributed by atoms with Gasteiger partial charge in [0.2, 0.25) is 0 Å². The van der Waals surface area contributed by atoms with Crippen LogP contribution in [-0.4, -0.2) is 60.6 Å². The average Bonchev–Trinajstić information content (AvgIpc) is 3.46. The Balaban J connectivity index is 1.38. The summed E-state index contributed by atoms with van der Waals surface area (Å²) < 4.78 is 17.5. The molecule has 6 rings (SSSR count). The molecule has 0 saturated carbocycles. The normalized spacial score (nSPS) is 14.5. The molecule has 0 spiro atoms. The van der Waals surface area contributed by atoms with Crippen LogP contribution in [0.5, 0.6) is 0 Å². The molecule has 3 amide bonds. The fraction of sp³-hybridized carbons (Fsp3) is 0.317. The van der Waals surface area contributed by atoms with Crippen molar-refractivity contribution in [3.05, 3.63) is 123 Å². The van der Waals surface area contributed by atoms with E-state index in [1.807, 2.05) is 37.3 Å². The van der Waals surface area contributed by atoms with Crippen LogP contribution in [-0.2, 0) is 24.0 Å². The lowest BCUT2D eigenvalue weighted by Gasteiger charge is -2.35. The standard InChI is InChI=1S/C41H43Cl2N5O4S/c1-5-7-20-46(21-8-6-2)41(51)38-37(43)27(4)48(44-38)36-19-17-30(23-34(36)40(50)47-25-31-13-10-9-12-29(31)22-26(47)3)39(49)45-53(52)32-18-16-28-14-11-15-35(42)33(28)24-32/h9-19,23-24,26H,5-8,20-22,25H2,1-4H3,(H,45,49)/t26-,53?/m1/s1. The average molecular weight is 773 g/mol. The van der Waals surface area contributed by atoms with Crippen molar-refractivity contribution in [1.82, 2.24) is 24.3 Å². The Morgan fingerprint density at radius 1 is 0.925 bits per heavy atom. The van der Waals surface area contributed by atoms with Gasteiger partial charge in [-0.2, -0.15) is 5.10 Å². The smallest absolute Gasteiger partial charge is 0.275 e. The second kappa shape index (κ2) is 16.7. The number of benzene rings is 4. The molecule has 4 aromatic carbocycles. The van der Waals surface area contributed by atoms with Gasteiger partial charge < -0.3 is 9.80 Å². The van der Waals surface area contributed by atoms with Gasteiger partial charge in [-0.1, -0.05) is 92.4 Å². The highest BCUT2D eigenvalue weighted by molar-refractivity contribution is 7.83. The lowest BCUT2D eigenvalue weighted by molar-refractivity contribution is 0.0657. The maximum Gasteiger partial charge on any atom is 0.275 e. The van der Waals surface area contributed by atoms with Crippen LogP contribution in [0.3, 0.4) is 0 Å². The molecular weight excluding hydrogens is 729 g/mol. The van der Waals surface area contributed by atoms with Crippen LogP contribution in [0.1, 0.15) is 94.5 Å². The first-order valence-electron chi connectivity index (χ1n) is 18.0. The first-order valence-corrected chi connectivity index (χ1v) is 19.9. The van der Waals surface area contributed by atoms with Crippen LogP contribution in [0, 0.1) is 6.92 Å². The van der Waals surface area contributed by atoms with Crippen molar-refractivity contribution >= 4 is 62.7 Å². The van der Waals surface area contributed by atoms with Gasteiger partial charge in [-0.05, 0) is 86.0 Å². The SMILES string of the molecule is CCCCN(CCCC)C(=O)c1nn(-c2ccc(C(=O)NS(=O)c3ccc4cccc(Cl)c4c3)cc2C(=O)N2Cc3ccccc3C[C@H]2C)c(C)c1Cl. The molecule has 1 aliphatic rings. The van der Waals surface area contributed by atoms with E-state index < -0.39 is 16.9 Å². The minimum atomic E-state index is -1.92. The second-order valence-corrected chi connectivity index (χ2v) is 15.5. The highest BCUT2D eigenvalue weighted by atomic mass is 35.5. The molecule has 1 aromatic heterocycles. The molecule has 12 heteroatoms. The van der Waals surface area contributed by atoms with E-state index in [9.17, 15) is 18.6 Å². The summed E-state index contributed by atoms with van der Waals surface area (Å²) in [7, 11) is -1.92. The summed E-state index contributed by atoms with van der Waals surface area (Å²) in [6.45, 7) is 9.47. The number of fused-ring (bicyclic) bond motifs is 2. The zero-order valence-corrected chi connectivity index (χ0v) is 32.7. The van der Waals surface area contributed by atoms with Gasteiger partial charge in [-0.3, -0.25) is 19.1 Å². The molecule has 2 heterocycles. The predicted molar refractivity (Wildman–Crippen MR) is 211 cm³/mol. The molecule has 276 valence electrons. The van der Waals surface area contributed by atoms with Crippen LogP contribution in [0.4, 0.5) is 0 Å². The number of halogens is 2. The van der Waals surface area contributed by atoms with Crippen molar-refractivity contribution in [1.29, 1.82) is 0 Å². The van der Waals surface area contributed by atoms with Crippen molar-refractivity contribution in [2.24, 2.45) is 0 Å². The van der Waals surface area contributed by atoms with E-state index in [4.69, 9.17) is 28.3 Å². The predicted octanol–water partition coefficient (Wildman–Crippen LogP) is 8.72. The maximum absolute atomic E-state index is 14.6. The van der Waals surface area contributed by atoms with Crippen molar-refractivity contribution in [3.63, 3.8) is 0 Å². The summed E-state index contributed by atoms with van der Waals surface area (Å²) in [5, 5.41) is 7.03. The van der Waals surface area contributed by atoms with E-state index in [1.165, 1.54) is 16.3 Å². The van der Waals surface area contributed by atoms with Gasteiger partial charge in [0.05, 0.1) is 26.9 Å². The van der Waals surface area contributed by atoms with Gasteiger partial charge in [-0.15, -0.1) is 0 Å². The second-order valence-electron chi connectivity index (χ2n) is 13.5. The van der Waals surface area contributed by atoms with Crippen LogP contribution >= 0.6 is 23.2 Å². The van der Waals surface area contributed by atoms with E-state index in [1.54, 1.807) is 53.1 Å². The van der Waals surface area contributed by atoms with Crippen LogP contribution < -0.4 is 4.72 Å². The van der Waals surface area contributed by atoms with Gasteiger partial charge in [0.1, 0.15) is 0 Å². The van der Waals surface area contributed by atoms with Crippen molar-refractivity contribution in [2.45, 2.75) is 77.3 Å². The molecular formula is C41H43Cl2N5O4S. The number of nitrogens with one attached hydrogen (secondary N) is 1. The molecule has 0 saturated heterocycles. The maximum atomic E-state index is 14.6. The van der Waals surface area contributed by atoms with Crippen molar-refractivity contribution < 1.29 is 18.6 Å². The fourth-order valence-corrected chi connectivity index (χ4v) is 7.94. The Bertz CT molecular complexity index is 2210. The summed E-state index contributed by atoms with van der Waals surface area (Å²) in [5.41, 5.74) is 3.53. The minimum absolute atomic E-state index is 0.114. The highest BCUT2D eigenvalue weighted by Crippen LogP contribution is 2.31. The topological polar surface area (TPSA) is 105 Å². The molecule has 0 bridgehead atoms. The van der Waals surface area contributed by atoms with E-state index in [-0.39, 0.29) is 39.7 Å². The third-order valence-electron chi connectivity index (χ3n) is 9.78. The number of amides is 3. The zero-order valence-electron chi connectivity index (χ0n) is 30.3. The van der Waals surface area contributed by atoms with Crippen molar-refractivity contribution in [2.75, 3.05) is 13.1 Å². The first kappa shape index (κ1) is 38.2. The lowest BCUT2D eigenvalue weighted by atomic mass is 9.94. The third-order valence-corrected chi connectivity index (χ3v) is 11.6. The summed E-state index contributed by atoms with van der Waals surface area (Å²) in [6.07, 6.45) is 4.25. The summed E-state index contributed by atoms with van der Waals surface area (Å²) in [5.74, 6) is -1.21. The molecule has 1 unspecified atom stereocenters. The van der Waals surface area contributed by atoms with Gasteiger partial charge in [0.25, 0.3) is 17.7 Å². The molecule has 0 radical (unpaired) electrons. The van der Waals surface area contributed by atoms with Gasteiger partial charge in [-0.25, -0.2) is 8.89 Å². The number of nitrogens with zero attached hydrogens (tertiary/aromatic N) is 4. The van der Waals surface area contributed by atoms with Gasteiger partial charge in [0, 0.05) is 41.6 Å². The Labute approximate surface area is 322 Å². The third kappa shape index (κ3) is 8.05. The molecule has 53 heavy (non-hydrogen) atoms. The van der Waals surface area contributed by atoms with Gasteiger partial charge in [0.15, 0.2) is 16.7 Å². The first-order chi connectivity index (χ1) is 25.5. The van der Waals surface area contributed by atoms with Crippen LogP contribution in [0.2, 0.25) is 10.0 Å². The summed E-state index contributed by atoms with van der Waals surface area (Å²) in [4.78, 5) is 46.1. The monoisotopic (exact) mass is 771 g/mol. The number of aromatic nitrogens is 2. The molecule has 5 aromatic rings. The lowest BCUT2D eigenvalue weighted by Crippen LogP contribution is -2.43. The van der Waals surface area contributed by atoms with Gasteiger partial charge >= 0.3 is 0 Å². The van der Waals surface area contributed by atoms with E-state index in [0.717, 1.165) is 36.6 Å². The van der Waals surface area contributed by atoms with Crippen LogP contribution in [0.25, 0.3) is 16.5 Å². The van der Waals surface area contributed by atoms with Crippen molar-refractivity contribution in [3.8, 4) is 5.69 Å². The molecule has 1 aliphatic heterocycles. The number of hydrogen-bond acceptors (Lipinski definition) is 5. The number of hydrogen-bond donors (Lipinski definition) is 1. The Morgan fingerprint density at radius 2 is 1.64 bits per heavy atom. The Morgan fingerprint density at radius 3 is 2.36 bits per heavy atom. The van der Waals surface area contributed by atoms with Crippen LogP contribution in [0.15, 0.2) is 83.8 Å². The number of rotatable bonds is 12. The number of carbonyl (C=O) groups is 3. The number of unbranched alkanes of at least 4 members (excludes halogenated alkanes) is 2. The highest BCUT2D eigenvalue weighted by Gasteiger charge is 2.32. The minimum Gasteiger partial charge on any atom is -0.337 e. The summed E-state index contributed by atoms with van der Waals surface area (Å²) in [6, 6.07) is 23.2. The van der Waals surface area contributed by atoms with E-state index in [0.29, 0.717) is 52.7 Å². The Hall–Kier alpha value is -4.51. The largest absolute Gasteiger partial charge is 0.337 e. The molecule has 2 atom stereocenters. The molecule has 9 nitrogen and oxygen atoms in total. The molecule has 1 N–H and O–H groups in total.